The maximum Gasteiger partial charge on any atom is 0.261 e. The molecule has 0 atom stereocenters. The van der Waals surface area contributed by atoms with Gasteiger partial charge < -0.3 is 4.90 Å². The molecule has 0 aliphatic rings. The molecule has 0 saturated heterocycles. The molecule has 0 unspecified atom stereocenters. The van der Waals surface area contributed by atoms with Gasteiger partial charge in [-0.3, -0.25) is 9.69 Å². The Balaban J connectivity index is 0.00000320. The van der Waals surface area contributed by atoms with Crippen LogP contribution in [0.2, 0.25) is 0 Å². The van der Waals surface area contributed by atoms with Crippen molar-refractivity contribution in [2.75, 3.05) is 37.3 Å². The van der Waals surface area contributed by atoms with Crippen molar-refractivity contribution in [1.29, 1.82) is 0 Å². The number of likely N-dealkylation sites (N-methyl/N-ethyl adjacent to an activating group) is 1. The minimum atomic E-state index is -0.719. The first-order chi connectivity index (χ1) is 14.0. The highest BCUT2D eigenvalue weighted by Crippen LogP contribution is 2.33. The first kappa shape index (κ1) is 24.5. The monoisotopic (exact) mass is 471 g/mol. The number of aromatic nitrogens is 1. The van der Waals surface area contributed by atoms with Crippen LogP contribution in [0.5, 0.6) is 0 Å². The molecule has 1 heterocycles. The summed E-state index contributed by atoms with van der Waals surface area (Å²) in [5.41, 5.74) is 0.663. The Morgan fingerprint density at radius 1 is 1.13 bits per heavy atom. The zero-order valence-electron chi connectivity index (χ0n) is 17.0. The van der Waals surface area contributed by atoms with E-state index < -0.39 is 11.6 Å². The number of carbonyl (C=O) groups is 1. The number of thiazole rings is 1. The fraction of sp³-hybridized carbons (Fsp3) is 0.333. The lowest BCUT2D eigenvalue weighted by molar-refractivity contribution is 0.0981. The molecule has 2 aromatic carbocycles. The fourth-order valence-corrected chi connectivity index (χ4v) is 4.71. The Morgan fingerprint density at radius 3 is 2.50 bits per heavy atom. The molecule has 3 aromatic rings. The molecule has 0 aliphatic carbocycles. The highest BCUT2D eigenvalue weighted by atomic mass is 35.5. The van der Waals surface area contributed by atoms with Crippen molar-refractivity contribution in [3.05, 3.63) is 53.6 Å². The molecule has 0 bridgehead atoms. The van der Waals surface area contributed by atoms with E-state index in [1.54, 1.807) is 11.0 Å². The number of nitrogens with zero attached hydrogens (tertiary/aromatic N) is 3. The lowest BCUT2D eigenvalue weighted by atomic mass is 10.2. The van der Waals surface area contributed by atoms with E-state index in [0.717, 1.165) is 35.4 Å². The van der Waals surface area contributed by atoms with Crippen LogP contribution in [0.4, 0.5) is 13.9 Å². The van der Waals surface area contributed by atoms with Crippen molar-refractivity contribution in [2.24, 2.45) is 0 Å². The highest BCUT2D eigenvalue weighted by molar-refractivity contribution is 7.98. The molecule has 0 fully saturated rings. The molecule has 4 nitrogen and oxygen atoms in total. The number of benzene rings is 2. The van der Waals surface area contributed by atoms with Gasteiger partial charge in [-0.15, -0.1) is 24.2 Å². The summed E-state index contributed by atoms with van der Waals surface area (Å²) in [6.45, 7) is 6.92. The van der Waals surface area contributed by atoms with E-state index in [9.17, 15) is 13.6 Å². The van der Waals surface area contributed by atoms with Gasteiger partial charge in [-0.05, 0) is 37.5 Å². The van der Waals surface area contributed by atoms with Gasteiger partial charge in [-0.1, -0.05) is 37.3 Å². The molecule has 9 heteroatoms. The maximum atomic E-state index is 14.2. The minimum Gasteiger partial charge on any atom is -0.302 e. The number of hydrogen-bond acceptors (Lipinski definition) is 5. The van der Waals surface area contributed by atoms with Gasteiger partial charge in [0, 0.05) is 24.1 Å². The number of anilines is 1. The van der Waals surface area contributed by atoms with Crippen LogP contribution in [-0.2, 0) is 0 Å². The van der Waals surface area contributed by atoms with Crippen LogP contribution in [0.3, 0.4) is 0 Å². The minimum absolute atomic E-state index is 0. The summed E-state index contributed by atoms with van der Waals surface area (Å²) in [5, 5.41) is 0.373. The van der Waals surface area contributed by atoms with Crippen molar-refractivity contribution in [2.45, 2.75) is 18.7 Å². The van der Waals surface area contributed by atoms with E-state index in [1.807, 2.05) is 24.5 Å². The summed E-state index contributed by atoms with van der Waals surface area (Å²) < 4.78 is 28.2. The maximum absolute atomic E-state index is 14.2. The van der Waals surface area contributed by atoms with E-state index in [4.69, 9.17) is 0 Å². The SMILES string of the molecule is CCN(CC)CCN(C(=O)c1ccccc1SC)c1nc2c(F)cc(F)cc2s1.Cl. The van der Waals surface area contributed by atoms with Crippen molar-refractivity contribution in [1.82, 2.24) is 9.88 Å². The Bertz CT molecular complexity index is 1010. The predicted octanol–water partition coefficient (Wildman–Crippen LogP) is 5.71. The fourth-order valence-electron chi connectivity index (χ4n) is 3.09. The third kappa shape index (κ3) is 5.29. The lowest BCUT2D eigenvalue weighted by Gasteiger charge is -2.25. The van der Waals surface area contributed by atoms with Gasteiger partial charge in [-0.25, -0.2) is 13.8 Å². The first-order valence-corrected chi connectivity index (χ1v) is 11.4. The summed E-state index contributed by atoms with van der Waals surface area (Å²) in [6.07, 6.45) is 1.92. The molecule has 0 N–H and O–H groups in total. The average molecular weight is 472 g/mol. The quantitative estimate of drug-likeness (QED) is 0.394. The molecular formula is C21H24ClF2N3OS2. The second kappa shape index (κ2) is 11.0. The van der Waals surface area contributed by atoms with Crippen LogP contribution in [0.1, 0.15) is 24.2 Å². The zero-order valence-corrected chi connectivity index (χ0v) is 19.5. The smallest absolute Gasteiger partial charge is 0.261 e. The van der Waals surface area contributed by atoms with Gasteiger partial charge in [-0.2, -0.15) is 0 Å². The average Bonchev–Trinajstić information content (AvgIpc) is 3.14. The molecule has 0 spiro atoms. The summed E-state index contributed by atoms with van der Waals surface area (Å²) in [5.74, 6) is -1.57. The van der Waals surface area contributed by atoms with Crippen LogP contribution in [0, 0.1) is 11.6 Å². The van der Waals surface area contributed by atoms with Crippen LogP contribution in [0.25, 0.3) is 10.2 Å². The van der Waals surface area contributed by atoms with Crippen molar-refractivity contribution in [3.8, 4) is 0 Å². The van der Waals surface area contributed by atoms with Gasteiger partial charge in [0.15, 0.2) is 10.9 Å². The summed E-state index contributed by atoms with van der Waals surface area (Å²) in [6, 6.07) is 9.46. The standard InChI is InChI=1S/C21H23F2N3OS2.ClH/c1-4-25(5-2)10-11-26(20(27)15-8-6-7-9-17(15)28-3)21-24-19-16(23)12-14(22)13-18(19)29-21;/h6-9,12-13H,4-5,10-11H2,1-3H3;1H. The van der Waals surface area contributed by atoms with Crippen molar-refractivity contribution >= 4 is 56.8 Å². The Kier molecular flexibility index (Phi) is 9.03. The lowest BCUT2D eigenvalue weighted by Crippen LogP contribution is -2.39. The number of thioether (sulfide) groups is 1. The summed E-state index contributed by atoms with van der Waals surface area (Å²) >= 11 is 2.62. The molecular weight excluding hydrogens is 448 g/mol. The Labute approximate surface area is 189 Å². The number of fused-ring (bicyclic) bond motifs is 1. The molecule has 1 amide bonds. The third-order valence-corrected chi connectivity index (χ3v) is 6.57. The van der Waals surface area contributed by atoms with Gasteiger partial charge in [0.05, 0.1) is 10.3 Å². The predicted molar refractivity (Wildman–Crippen MR) is 124 cm³/mol. The number of hydrogen-bond donors (Lipinski definition) is 0. The van der Waals surface area contributed by atoms with Crippen molar-refractivity contribution < 1.29 is 13.6 Å². The molecule has 162 valence electrons. The number of amides is 1. The summed E-state index contributed by atoms with van der Waals surface area (Å²) in [4.78, 5) is 22.4. The van der Waals surface area contributed by atoms with Gasteiger partial charge in [0.25, 0.3) is 5.91 Å². The Morgan fingerprint density at radius 2 is 1.83 bits per heavy atom. The summed E-state index contributed by atoms with van der Waals surface area (Å²) in [7, 11) is 0. The normalized spacial score (nSPS) is 11.0. The van der Waals surface area contributed by atoms with Crippen molar-refractivity contribution in [3.63, 3.8) is 0 Å². The van der Waals surface area contributed by atoms with E-state index >= 15 is 0 Å². The van der Waals surface area contributed by atoms with Gasteiger partial charge >= 0.3 is 0 Å². The highest BCUT2D eigenvalue weighted by Gasteiger charge is 2.24. The molecule has 0 radical (unpaired) electrons. The molecule has 1 aromatic heterocycles. The van der Waals surface area contributed by atoms with Crippen LogP contribution >= 0.6 is 35.5 Å². The van der Waals surface area contributed by atoms with E-state index in [0.29, 0.717) is 28.5 Å². The Hall–Kier alpha value is -1.74. The molecule has 0 aliphatic heterocycles. The first-order valence-electron chi connectivity index (χ1n) is 9.41. The van der Waals surface area contributed by atoms with Crippen LogP contribution in [-0.4, -0.2) is 48.2 Å². The zero-order chi connectivity index (χ0) is 21.0. The van der Waals surface area contributed by atoms with Crippen LogP contribution in [0.15, 0.2) is 41.3 Å². The van der Waals surface area contributed by atoms with Gasteiger partial charge in [0.1, 0.15) is 11.3 Å². The third-order valence-electron chi connectivity index (χ3n) is 4.75. The number of carbonyl (C=O) groups excluding carboxylic acids is 1. The van der Waals surface area contributed by atoms with E-state index in [-0.39, 0.29) is 23.8 Å². The van der Waals surface area contributed by atoms with Crippen LogP contribution < -0.4 is 4.90 Å². The molecule has 30 heavy (non-hydrogen) atoms. The number of rotatable bonds is 8. The van der Waals surface area contributed by atoms with E-state index in [2.05, 4.69) is 23.7 Å². The van der Waals surface area contributed by atoms with E-state index in [1.165, 1.54) is 17.8 Å². The topological polar surface area (TPSA) is 36.4 Å². The molecule has 3 rings (SSSR count). The second-order valence-electron chi connectivity index (χ2n) is 6.41. The van der Waals surface area contributed by atoms with Gasteiger partial charge in [0.2, 0.25) is 0 Å². The second-order valence-corrected chi connectivity index (χ2v) is 8.27. The largest absolute Gasteiger partial charge is 0.302 e. The molecule has 0 saturated carbocycles. The number of halogens is 3.